The van der Waals surface area contributed by atoms with Gasteiger partial charge < -0.3 is 0 Å². The number of carbonyl (C=O) groups excluding carboxylic acids is 1. The van der Waals surface area contributed by atoms with Gasteiger partial charge in [-0.1, -0.05) is 42.3 Å². The van der Waals surface area contributed by atoms with Gasteiger partial charge in [0.05, 0.1) is 0 Å². The fourth-order valence-corrected chi connectivity index (χ4v) is 1.52. The van der Waals surface area contributed by atoms with Crippen LogP contribution >= 0.6 is 0 Å². The van der Waals surface area contributed by atoms with E-state index in [2.05, 4.69) is 11.8 Å². The average Bonchev–Trinajstić information content (AvgIpc) is 2.40. The fraction of sp³-hybridized carbons (Fsp3) is 0.0625. The Morgan fingerprint density at radius 2 is 1.67 bits per heavy atom. The molecule has 0 spiro atoms. The highest BCUT2D eigenvalue weighted by Gasteiger charge is 2.04. The lowest BCUT2D eigenvalue weighted by molar-refractivity contribution is -0.113. The molecule has 0 aromatic heterocycles. The van der Waals surface area contributed by atoms with E-state index in [0.29, 0.717) is 5.56 Å². The maximum atomic E-state index is 13.3. The summed E-state index contributed by atoms with van der Waals surface area (Å²) in [5.41, 5.74) is 1.16. The van der Waals surface area contributed by atoms with Crippen LogP contribution in [0.1, 0.15) is 11.1 Å². The van der Waals surface area contributed by atoms with Crippen molar-refractivity contribution in [1.29, 1.82) is 0 Å². The second-order valence-electron chi connectivity index (χ2n) is 3.81. The predicted octanol–water partition coefficient (Wildman–Crippen LogP) is 2.99. The molecule has 88 valence electrons. The predicted molar refractivity (Wildman–Crippen MR) is 68.4 cm³/mol. The van der Waals surface area contributed by atoms with Crippen LogP contribution in [0.4, 0.5) is 4.39 Å². The zero-order chi connectivity index (χ0) is 12.8. The minimum Gasteiger partial charge on any atom is -0.285 e. The first-order valence-corrected chi connectivity index (χ1v) is 5.59. The van der Waals surface area contributed by atoms with Crippen LogP contribution in [-0.4, -0.2) is 5.78 Å². The smallest absolute Gasteiger partial charge is 0.210 e. The van der Waals surface area contributed by atoms with Crippen molar-refractivity contribution in [2.24, 2.45) is 0 Å². The van der Waals surface area contributed by atoms with Crippen molar-refractivity contribution in [3.63, 3.8) is 0 Å². The van der Waals surface area contributed by atoms with Gasteiger partial charge in [-0.05, 0) is 29.7 Å². The third-order valence-electron chi connectivity index (χ3n) is 2.43. The van der Waals surface area contributed by atoms with Crippen molar-refractivity contribution >= 4 is 5.78 Å². The molecule has 2 rings (SSSR count). The molecule has 18 heavy (non-hydrogen) atoms. The van der Waals surface area contributed by atoms with E-state index < -0.39 is 0 Å². The SMILES string of the molecule is O=C(C#Cc1ccccc1)Cc1ccccc1F. The van der Waals surface area contributed by atoms with Crippen molar-refractivity contribution in [2.45, 2.75) is 6.42 Å². The molecule has 0 amide bonds. The highest BCUT2D eigenvalue weighted by atomic mass is 19.1. The van der Waals surface area contributed by atoms with Crippen LogP contribution in [0.3, 0.4) is 0 Å². The standard InChI is InChI=1S/C16H11FO/c17-16-9-5-4-8-14(16)12-15(18)11-10-13-6-2-1-3-7-13/h1-9H,12H2. The minimum absolute atomic E-state index is 0.00646. The highest BCUT2D eigenvalue weighted by Crippen LogP contribution is 2.07. The van der Waals surface area contributed by atoms with E-state index in [1.807, 2.05) is 30.3 Å². The van der Waals surface area contributed by atoms with Gasteiger partial charge in [0.2, 0.25) is 5.78 Å². The Hall–Kier alpha value is -2.40. The van der Waals surface area contributed by atoms with Crippen LogP contribution in [0.5, 0.6) is 0 Å². The fourth-order valence-electron chi connectivity index (χ4n) is 1.52. The molecule has 2 aromatic carbocycles. The van der Waals surface area contributed by atoms with Gasteiger partial charge in [-0.25, -0.2) is 4.39 Å². The van der Waals surface area contributed by atoms with E-state index in [1.54, 1.807) is 18.2 Å². The molecule has 0 bridgehead atoms. The molecule has 0 unspecified atom stereocenters. The molecular weight excluding hydrogens is 227 g/mol. The summed E-state index contributed by atoms with van der Waals surface area (Å²) in [6.07, 6.45) is 0.00646. The van der Waals surface area contributed by atoms with Crippen LogP contribution < -0.4 is 0 Å². The van der Waals surface area contributed by atoms with Gasteiger partial charge in [0.25, 0.3) is 0 Å². The third kappa shape index (κ3) is 3.29. The van der Waals surface area contributed by atoms with Crippen molar-refractivity contribution in [3.05, 3.63) is 71.5 Å². The first kappa shape index (κ1) is 12.1. The van der Waals surface area contributed by atoms with Gasteiger partial charge in [0, 0.05) is 12.0 Å². The number of hydrogen-bond acceptors (Lipinski definition) is 1. The highest BCUT2D eigenvalue weighted by molar-refractivity contribution is 5.97. The molecule has 0 saturated heterocycles. The molecule has 0 fully saturated rings. The molecule has 0 radical (unpaired) electrons. The lowest BCUT2D eigenvalue weighted by Crippen LogP contribution is -2.01. The lowest BCUT2D eigenvalue weighted by Gasteiger charge is -1.97. The minimum atomic E-state index is -0.368. The summed E-state index contributed by atoms with van der Waals surface area (Å²) in [5, 5.41) is 0. The summed E-state index contributed by atoms with van der Waals surface area (Å²) >= 11 is 0. The summed E-state index contributed by atoms with van der Waals surface area (Å²) in [7, 11) is 0. The Morgan fingerprint density at radius 3 is 2.39 bits per heavy atom. The molecule has 0 aliphatic heterocycles. The Balaban J connectivity index is 2.07. The van der Waals surface area contributed by atoms with Crippen molar-refractivity contribution in [1.82, 2.24) is 0 Å². The third-order valence-corrected chi connectivity index (χ3v) is 2.43. The lowest BCUT2D eigenvalue weighted by atomic mass is 10.1. The molecule has 1 nitrogen and oxygen atoms in total. The monoisotopic (exact) mass is 238 g/mol. The van der Waals surface area contributed by atoms with Gasteiger partial charge in [0.1, 0.15) is 5.82 Å². The van der Waals surface area contributed by atoms with Crippen molar-refractivity contribution in [2.75, 3.05) is 0 Å². The van der Waals surface area contributed by atoms with Gasteiger partial charge in [-0.15, -0.1) is 0 Å². The second kappa shape index (κ2) is 5.79. The van der Waals surface area contributed by atoms with Gasteiger partial charge >= 0.3 is 0 Å². The van der Waals surface area contributed by atoms with Crippen molar-refractivity contribution < 1.29 is 9.18 Å². The van der Waals surface area contributed by atoms with Crippen LogP contribution in [0.25, 0.3) is 0 Å². The number of carbonyl (C=O) groups is 1. The van der Waals surface area contributed by atoms with Crippen LogP contribution in [0, 0.1) is 17.7 Å². The van der Waals surface area contributed by atoms with E-state index in [4.69, 9.17) is 0 Å². The molecular formula is C16H11FO. The van der Waals surface area contributed by atoms with Crippen LogP contribution in [0.2, 0.25) is 0 Å². The topological polar surface area (TPSA) is 17.1 Å². The van der Waals surface area contributed by atoms with E-state index in [9.17, 15) is 9.18 Å². The summed E-state index contributed by atoms with van der Waals surface area (Å²) < 4.78 is 13.3. The molecule has 0 atom stereocenters. The number of hydrogen-bond donors (Lipinski definition) is 0. The maximum Gasteiger partial charge on any atom is 0.210 e. The van der Waals surface area contributed by atoms with Gasteiger partial charge in [-0.2, -0.15) is 0 Å². The Bertz CT molecular complexity index is 606. The van der Waals surface area contributed by atoms with E-state index >= 15 is 0 Å². The summed E-state index contributed by atoms with van der Waals surface area (Å²) in [5.74, 6) is 4.62. The number of ketones is 1. The van der Waals surface area contributed by atoms with E-state index in [0.717, 1.165) is 5.56 Å². The van der Waals surface area contributed by atoms with Gasteiger partial charge in [0.15, 0.2) is 0 Å². The second-order valence-corrected chi connectivity index (χ2v) is 3.81. The van der Waals surface area contributed by atoms with Crippen molar-refractivity contribution in [3.8, 4) is 11.8 Å². The largest absolute Gasteiger partial charge is 0.285 e. The molecule has 0 aliphatic rings. The first-order valence-electron chi connectivity index (χ1n) is 5.59. The number of halogens is 1. The average molecular weight is 238 g/mol. The zero-order valence-electron chi connectivity index (χ0n) is 9.69. The first-order chi connectivity index (χ1) is 8.75. The molecule has 0 saturated carbocycles. The number of rotatable bonds is 2. The normalized spacial score (nSPS) is 9.39. The molecule has 0 heterocycles. The quantitative estimate of drug-likeness (QED) is 0.735. The van der Waals surface area contributed by atoms with Crippen LogP contribution in [-0.2, 0) is 11.2 Å². The summed E-state index contributed by atoms with van der Waals surface area (Å²) in [6, 6.07) is 15.5. The Labute approximate surface area is 105 Å². The van der Waals surface area contributed by atoms with E-state index in [1.165, 1.54) is 6.07 Å². The summed E-state index contributed by atoms with van der Waals surface area (Å²) in [4.78, 5) is 11.6. The maximum absolute atomic E-state index is 13.3. The Kier molecular flexibility index (Phi) is 3.88. The number of benzene rings is 2. The summed E-state index contributed by atoms with van der Waals surface area (Å²) in [6.45, 7) is 0. The molecule has 2 heteroatoms. The van der Waals surface area contributed by atoms with E-state index in [-0.39, 0.29) is 18.0 Å². The molecule has 0 aliphatic carbocycles. The number of Topliss-reactive ketones (excluding diaryl/α,β-unsaturated/α-hetero) is 1. The Morgan fingerprint density at radius 1 is 1.00 bits per heavy atom. The zero-order valence-corrected chi connectivity index (χ0v) is 9.69. The van der Waals surface area contributed by atoms with Crippen LogP contribution in [0.15, 0.2) is 54.6 Å². The molecule has 0 N–H and O–H groups in total. The molecule has 2 aromatic rings. The van der Waals surface area contributed by atoms with Gasteiger partial charge in [-0.3, -0.25) is 4.79 Å².